The van der Waals surface area contributed by atoms with Crippen molar-refractivity contribution in [2.24, 2.45) is 0 Å². The number of ether oxygens (including phenoxy) is 1. The number of amides is 2. The summed E-state index contributed by atoms with van der Waals surface area (Å²) in [7, 11) is 0. The largest absolute Gasteiger partial charge is 0.393 e. The van der Waals surface area contributed by atoms with Crippen molar-refractivity contribution in [1.29, 1.82) is 0 Å². The molecule has 2 amide bonds. The van der Waals surface area contributed by atoms with E-state index in [0.717, 1.165) is 11.4 Å². The van der Waals surface area contributed by atoms with Crippen molar-refractivity contribution in [3.05, 3.63) is 12.3 Å². The molecule has 23 heavy (non-hydrogen) atoms. The predicted molar refractivity (Wildman–Crippen MR) is 92.1 cm³/mol. The zero-order valence-electron chi connectivity index (χ0n) is 14.3. The maximum Gasteiger partial charge on any atom is 0.240 e. The third-order valence-corrected chi connectivity index (χ3v) is 4.68. The van der Waals surface area contributed by atoms with Crippen LogP contribution in [0.25, 0.3) is 0 Å². The number of hydrogen-bond donors (Lipinski definition) is 2. The fourth-order valence-corrected chi connectivity index (χ4v) is 3.19. The molecule has 1 atom stereocenters. The Labute approximate surface area is 142 Å². The van der Waals surface area contributed by atoms with Gasteiger partial charge in [-0.15, -0.1) is 11.8 Å². The van der Waals surface area contributed by atoms with Crippen LogP contribution in [0, 0.1) is 0 Å². The van der Waals surface area contributed by atoms with Crippen LogP contribution in [0.4, 0.5) is 0 Å². The van der Waals surface area contributed by atoms with Crippen molar-refractivity contribution in [3.63, 3.8) is 0 Å². The van der Waals surface area contributed by atoms with Crippen LogP contribution in [-0.2, 0) is 14.3 Å². The van der Waals surface area contributed by atoms with Gasteiger partial charge in [0.15, 0.2) is 0 Å². The second-order valence-corrected chi connectivity index (χ2v) is 7.55. The molecule has 1 aliphatic heterocycles. The Hall–Kier alpha value is -1.05. The van der Waals surface area contributed by atoms with Gasteiger partial charge in [-0.25, -0.2) is 0 Å². The lowest BCUT2D eigenvalue weighted by molar-refractivity contribution is -0.127. The molecule has 6 nitrogen and oxygen atoms in total. The Balaban J connectivity index is 2.26. The molecule has 0 aromatic rings. The predicted octanol–water partition coefficient (Wildman–Crippen LogP) is 1.15. The topological polar surface area (TPSA) is 78.9 Å². The lowest BCUT2D eigenvalue weighted by Crippen LogP contribution is -2.36. The van der Waals surface area contributed by atoms with Crippen LogP contribution in [0.15, 0.2) is 12.3 Å². The molecule has 1 heterocycles. The van der Waals surface area contributed by atoms with Crippen molar-refractivity contribution in [2.45, 2.75) is 44.5 Å². The van der Waals surface area contributed by atoms with Crippen molar-refractivity contribution in [2.75, 3.05) is 32.1 Å². The van der Waals surface area contributed by atoms with E-state index in [4.69, 9.17) is 9.84 Å². The first kappa shape index (κ1) is 20.0. The number of rotatable bonds is 10. The smallest absolute Gasteiger partial charge is 0.240 e. The van der Waals surface area contributed by atoms with E-state index in [1.165, 1.54) is 0 Å². The third-order valence-electron chi connectivity index (χ3n) is 3.57. The highest BCUT2D eigenvalue weighted by atomic mass is 32.2. The van der Waals surface area contributed by atoms with Crippen LogP contribution in [0.2, 0.25) is 0 Å². The van der Waals surface area contributed by atoms with E-state index in [9.17, 15) is 9.59 Å². The molecule has 0 aromatic carbocycles. The van der Waals surface area contributed by atoms with Gasteiger partial charge in [0.25, 0.3) is 0 Å². The summed E-state index contributed by atoms with van der Waals surface area (Å²) in [5.74, 6) is 0.827. The summed E-state index contributed by atoms with van der Waals surface area (Å²) < 4.78 is 5.44. The van der Waals surface area contributed by atoms with E-state index < -0.39 is 5.60 Å². The van der Waals surface area contributed by atoms with E-state index in [0.29, 0.717) is 26.1 Å². The van der Waals surface area contributed by atoms with E-state index >= 15 is 0 Å². The lowest BCUT2D eigenvalue weighted by Gasteiger charge is -2.22. The molecule has 7 heteroatoms. The number of thioether (sulfide) groups is 1. The molecule has 0 aromatic heterocycles. The van der Waals surface area contributed by atoms with Crippen LogP contribution in [0.3, 0.4) is 0 Å². The fourth-order valence-electron chi connectivity index (χ4n) is 2.21. The highest BCUT2D eigenvalue weighted by molar-refractivity contribution is 8.00. The molecule has 1 saturated heterocycles. The summed E-state index contributed by atoms with van der Waals surface area (Å²) in [6, 6.07) is 0. The van der Waals surface area contributed by atoms with Gasteiger partial charge < -0.3 is 20.1 Å². The molecule has 1 rings (SSSR count). The average Bonchev–Trinajstić information content (AvgIpc) is 2.76. The zero-order chi connectivity index (χ0) is 17.5. The molecule has 1 fully saturated rings. The van der Waals surface area contributed by atoms with Crippen molar-refractivity contribution >= 4 is 23.6 Å². The Morgan fingerprint density at radius 2 is 2.26 bits per heavy atom. The Kier molecular flexibility index (Phi) is 8.08. The Morgan fingerprint density at radius 1 is 1.57 bits per heavy atom. The fraction of sp³-hybridized carbons (Fsp3) is 0.750. The molecular weight excluding hydrogens is 316 g/mol. The summed E-state index contributed by atoms with van der Waals surface area (Å²) in [5.41, 5.74) is 0.193. The SMILES string of the molecule is C=C1CC(SCC)C(=O)N1CCC(=O)NCCOC(C)(C)CO. The summed E-state index contributed by atoms with van der Waals surface area (Å²) in [4.78, 5) is 25.6. The first-order valence-corrected chi connectivity index (χ1v) is 8.98. The van der Waals surface area contributed by atoms with Gasteiger partial charge >= 0.3 is 0 Å². The number of likely N-dealkylation sites (tertiary alicyclic amines) is 1. The van der Waals surface area contributed by atoms with Gasteiger partial charge in [0.2, 0.25) is 11.8 Å². The van der Waals surface area contributed by atoms with Gasteiger partial charge in [-0.2, -0.15) is 0 Å². The Bertz CT molecular complexity index is 440. The van der Waals surface area contributed by atoms with Gasteiger partial charge in [0, 0.05) is 31.6 Å². The number of hydrogen-bond acceptors (Lipinski definition) is 5. The quantitative estimate of drug-likeness (QED) is 0.581. The highest BCUT2D eigenvalue weighted by Crippen LogP contribution is 2.30. The van der Waals surface area contributed by atoms with E-state index in [-0.39, 0.29) is 30.1 Å². The third kappa shape index (κ3) is 6.53. The van der Waals surface area contributed by atoms with Gasteiger partial charge in [-0.3, -0.25) is 9.59 Å². The van der Waals surface area contributed by atoms with E-state index in [1.807, 2.05) is 6.92 Å². The van der Waals surface area contributed by atoms with Crippen LogP contribution < -0.4 is 5.32 Å². The van der Waals surface area contributed by atoms with Crippen molar-refractivity contribution in [3.8, 4) is 0 Å². The van der Waals surface area contributed by atoms with Crippen molar-refractivity contribution < 1.29 is 19.4 Å². The summed E-state index contributed by atoms with van der Waals surface area (Å²) in [6.07, 6.45) is 0.917. The summed E-state index contributed by atoms with van der Waals surface area (Å²) in [5, 5.41) is 11.8. The minimum atomic E-state index is -0.601. The maximum absolute atomic E-state index is 12.2. The Morgan fingerprint density at radius 3 is 2.87 bits per heavy atom. The highest BCUT2D eigenvalue weighted by Gasteiger charge is 2.34. The second kappa shape index (κ2) is 9.30. The standard InChI is InChI=1S/C16H28N2O4S/c1-5-23-13-10-12(2)18(15(13)21)8-6-14(20)17-7-9-22-16(3,4)11-19/h13,19H,2,5-11H2,1,3-4H3,(H,17,20). The molecule has 0 radical (unpaired) electrons. The molecule has 2 N–H and O–H groups in total. The van der Waals surface area contributed by atoms with E-state index in [1.54, 1.807) is 30.5 Å². The van der Waals surface area contributed by atoms with Crippen molar-refractivity contribution in [1.82, 2.24) is 10.2 Å². The molecule has 1 aliphatic rings. The van der Waals surface area contributed by atoms with Gasteiger partial charge in [-0.1, -0.05) is 13.5 Å². The van der Waals surface area contributed by atoms with Crippen LogP contribution >= 0.6 is 11.8 Å². The number of carbonyl (C=O) groups excluding carboxylic acids is 2. The number of carbonyl (C=O) groups is 2. The number of aliphatic hydroxyl groups excluding tert-OH is 1. The molecule has 0 saturated carbocycles. The zero-order valence-corrected chi connectivity index (χ0v) is 15.1. The maximum atomic E-state index is 12.2. The van der Waals surface area contributed by atoms with Gasteiger partial charge in [0.05, 0.1) is 24.1 Å². The average molecular weight is 344 g/mol. The van der Waals surface area contributed by atoms with Gasteiger partial charge in [0.1, 0.15) is 0 Å². The van der Waals surface area contributed by atoms with E-state index in [2.05, 4.69) is 11.9 Å². The monoisotopic (exact) mass is 344 g/mol. The molecule has 0 spiro atoms. The lowest BCUT2D eigenvalue weighted by atomic mass is 10.1. The second-order valence-electron chi connectivity index (χ2n) is 6.07. The molecule has 0 bridgehead atoms. The number of aliphatic hydroxyl groups is 1. The molecule has 132 valence electrons. The molecule has 0 aliphatic carbocycles. The first-order chi connectivity index (χ1) is 10.8. The molecule has 1 unspecified atom stereocenters. The minimum absolute atomic E-state index is 0.0512. The number of nitrogens with zero attached hydrogens (tertiary/aromatic N) is 1. The molecular formula is C16H28N2O4S. The van der Waals surface area contributed by atoms with Gasteiger partial charge in [-0.05, 0) is 19.6 Å². The summed E-state index contributed by atoms with van der Waals surface area (Å²) in [6.45, 7) is 10.5. The normalized spacial score (nSPS) is 18.6. The summed E-state index contributed by atoms with van der Waals surface area (Å²) >= 11 is 1.62. The number of nitrogens with one attached hydrogen (secondary N) is 1. The minimum Gasteiger partial charge on any atom is -0.393 e. The first-order valence-electron chi connectivity index (χ1n) is 7.93. The number of allylic oxidation sites excluding steroid dienone is 1. The van der Waals surface area contributed by atoms with Crippen LogP contribution in [0.5, 0.6) is 0 Å². The van der Waals surface area contributed by atoms with Crippen LogP contribution in [-0.4, -0.2) is 64.7 Å². The van der Waals surface area contributed by atoms with Crippen LogP contribution in [0.1, 0.15) is 33.6 Å².